The maximum Gasteiger partial charge on any atom is 0.416 e. The third kappa shape index (κ3) is 3.99. The van der Waals surface area contributed by atoms with Gasteiger partial charge in [0.2, 0.25) is 0 Å². The summed E-state index contributed by atoms with van der Waals surface area (Å²) in [5.41, 5.74) is 2.14. The van der Waals surface area contributed by atoms with Crippen molar-refractivity contribution in [2.24, 2.45) is 0 Å². The van der Waals surface area contributed by atoms with Gasteiger partial charge in [0.1, 0.15) is 5.75 Å². The Labute approximate surface area is 162 Å². The summed E-state index contributed by atoms with van der Waals surface area (Å²) < 4.78 is 45.2. The van der Waals surface area contributed by atoms with Gasteiger partial charge in [0, 0.05) is 18.8 Å². The fraction of sp³-hybridized carbons (Fsp3) is 0.381. The highest BCUT2D eigenvalue weighted by Crippen LogP contribution is 2.36. The van der Waals surface area contributed by atoms with Gasteiger partial charge in [0.25, 0.3) is 5.91 Å². The number of carbonyl (C=O) groups is 1. The molecule has 0 aliphatic carbocycles. The monoisotopic (exact) mass is 392 g/mol. The molecule has 1 aliphatic rings. The maximum absolute atomic E-state index is 13.3. The van der Waals surface area contributed by atoms with Crippen molar-refractivity contribution in [3.63, 3.8) is 0 Å². The highest BCUT2D eigenvalue weighted by atomic mass is 19.4. The van der Waals surface area contributed by atoms with Crippen LogP contribution in [0, 0.1) is 0 Å². The molecule has 0 fully saturated rings. The minimum absolute atomic E-state index is 0.111. The fourth-order valence-corrected chi connectivity index (χ4v) is 3.58. The number of alkyl halides is 3. The highest BCUT2D eigenvalue weighted by molar-refractivity contribution is 6.07. The minimum atomic E-state index is -4.54. The molecule has 0 spiro atoms. The van der Waals surface area contributed by atoms with Gasteiger partial charge in [-0.3, -0.25) is 4.79 Å². The molecular weight excluding hydrogens is 369 g/mol. The van der Waals surface area contributed by atoms with Crippen LogP contribution in [0.15, 0.2) is 30.3 Å². The van der Waals surface area contributed by atoms with Crippen molar-refractivity contribution in [3.05, 3.63) is 58.1 Å². The smallest absolute Gasteiger partial charge is 0.416 e. The van der Waals surface area contributed by atoms with Crippen LogP contribution in [0.1, 0.15) is 39.5 Å². The molecule has 0 saturated carbocycles. The Kier molecular flexibility index (Phi) is 5.65. The van der Waals surface area contributed by atoms with Crippen LogP contribution in [0.25, 0.3) is 0 Å². The molecule has 150 valence electrons. The quantitative estimate of drug-likeness (QED) is 0.832. The van der Waals surface area contributed by atoms with Gasteiger partial charge < -0.3 is 15.0 Å². The molecule has 7 heteroatoms. The number of hydrogen-bond acceptors (Lipinski definition) is 3. The number of nitrogens with one attached hydrogen (secondary N) is 1. The van der Waals surface area contributed by atoms with Crippen LogP contribution >= 0.6 is 0 Å². The topological polar surface area (TPSA) is 41.6 Å². The number of methoxy groups -OCH3 is 1. The van der Waals surface area contributed by atoms with Gasteiger partial charge in [0.05, 0.1) is 18.2 Å². The van der Waals surface area contributed by atoms with Crippen LogP contribution in [0.3, 0.4) is 0 Å². The number of likely N-dealkylation sites (N-methyl/N-ethyl adjacent to an activating group) is 1. The van der Waals surface area contributed by atoms with Crippen molar-refractivity contribution in [2.45, 2.75) is 32.5 Å². The number of benzene rings is 2. The number of fused-ring (bicyclic) bond motifs is 1. The van der Waals surface area contributed by atoms with E-state index in [2.05, 4.69) is 10.2 Å². The number of amides is 1. The lowest BCUT2D eigenvalue weighted by Gasteiger charge is -2.27. The summed E-state index contributed by atoms with van der Waals surface area (Å²) in [5.74, 6) is -0.428. The van der Waals surface area contributed by atoms with Crippen molar-refractivity contribution >= 4 is 11.6 Å². The SMILES string of the molecule is CCc1cc(C(F)(F)F)cc(C(=O)Nc2cccc3c2CCN(C)C3)c1OC. The van der Waals surface area contributed by atoms with E-state index in [-0.39, 0.29) is 11.3 Å². The lowest BCUT2D eigenvalue weighted by Crippen LogP contribution is -2.27. The molecule has 0 unspecified atom stereocenters. The lowest BCUT2D eigenvalue weighted by atomic mass is 9.97. The molecule has 1 amide bonds. The average molecular weight is 392 g/mol. The number of anilines is 1. The standard InChI is InChI=1S/C21H23F3N2O2/c1-4-13-10-15(21(22,23)24)11-17(19(13)28-3)20(27)25-18-7-5-6-14-12-26(2)9-8-16(14)18/h5-7,10-11H,4,8-9,12H2,1-3H3,(H,25,27). The molecule has 28 heavy (non-hydrogen) atoms. The van der Waals surface area contributed by atoms with Crippen LogP contribution in [-0.2, 0) is 25.6 Å². The van der Waals surface area contributed by atoms with Gasteiger partial charge in [0.15, 0.2) is 0 Å². The van der Waals surface area contributed by atoms with Crippen molar-refractivity contribution in [1.82, 2.24) is 4.90 Å². The Morgan fingerprint density at radius 3 is 2.68 bits per heavy atom. The maximum atomic E-state index is 13.3. The van der Waals surface area contributed by atoms with E-state index in [9.17, 15) is 18.0 Å². The Bertz CT molecular complexity index is 894. The Morgan fingerprint density at radius 1 is 1.29 bits per heavy atom. The molecule has 0 bridgehead atoms. The van der Waals surface area contributed by atoms with E-state index in [0.29, 0.717) is 17.7 Å². The number of ether oxygens (including phenoxy) is 1. The molecule has 1 heterocycles. The second kappa shape index (κ2) is 7.83. The second-order valence-electron chi connectivity index (χ2n) is 6.95. The molecule has 4 nitrogen and oxygen atoms in total. The van der Waals surface area contributed by atoms with E-state index in [4.69, 9.17) is 4.74 Å². The minimum Gasteiger partial charge on any atom is -0.496 e. The zero-order valence-electron chi connectivity index (χ0n) is 16.1. The number of rotatable bonds is 4. The van der Waals surface area contributed by atoms with Gasteiger partial charge in [-0.15, -0.1) is 0 Å². The molecule has 1 aliphatic heterocycles. The molecule has 0 aromatic heterocycles. The summed E-state index contributed by atoms with van der Waals surface area (Å²) in [6, 6.07) is 7.52. The van der Waals surface area contributed by atoms with Crippen LogP contribution in [-0.4, -0.2) is 31.5 Å². The second-order valence-corrected chi connectivity index (χ2v) is 6.95. The van der Waals surface area contributed by atoms with Crippen molar-refractivity contribution in [3.8, 4) is 5.75 Å². The van der Waals surface area contributed by atoms with Crippen molar-refractivity contribution in [1.29, 1.82) is 0 Å². The Balaban J connectivity index is 2.00. The van der Waals surface area contributed by atoms with E-state index in [1.54, 1.807) is 13.0 Å². The van der Waals surface area contributed by atoms with Crippen LogP contribution in [0.5, 0.6) is 5.75 Å². The van der Waals surface area contributed by atoms with Crippen molar-refractivity contribution < 1.29 is 22.7 Å². The Morgan fingerprint density at radius 2 is 2.04 bits per heavy atom. The van der Waals surface area contributed by atoms with Gasteiger partial charge in [-0.25, -0.2) is 0 Å². The summed E-state index contributed by atoms with van der Waals surface area (Å²) in [6.45, 7) is 3.35. The molecule has 0 radical (unpaired) electrons. The third-order valence-electron chi connectivity index (χ3n) is 5.03. The number of nitrogens with zero attached hydrogens (tertiary/aromatic N) is 1. The van der Waals surface area contributed by atoms with E-state index < -0.39 is 17.6 Å². The average Bonchev–Trinajstić information content (AvgIpc) is 2.65. The van der Waals surface area contributed by atoms with Gasteiger partial charge in [-0.1, -0.05) is 19.1 Å². The summed E-state index contributed by atoms with van der Waals surface area (Å²) in [5, 5.41) is 2.80. The van der Waals surface area contributed by atoms with Gasteiger partial charge in [-0.2, -0.15) is 13.2 Å². The van der Waals surface area contributed by atoms with Crippen LogP contribution in [0.4, 0.5) is 18.9 Å². The third-order valence-corrected chi connectivity index (χ3v) is 5.03. The number of aryl methyl sites for hydroxylation is 1. The molecule has 0 atom stereocenters. The normalized spacial score (nSPS) is 14.5. The number of carbonyl (C=O) groups excluding carboxylic acids is 1. The molecule has 3 rings (SSSR count). The first-order valence-electron chi connectivity index (χ1n) is 9.13. The molecule has 2 aromatic carbocycles. The Hall–Kier alpha value is -2.54. The van der Waals surface area contributed by atoms with Gasteiger partial charge >= 0.3 is 6.18 Å². The van der Waals surface area contributed by atoms with E-state index in [0.717, 1.165) is 42.8 Å². The number of halogens is 3. The predicted molar refractivity (Wildman–Crippen MR) is 102 cm³/mol. The summed E-state index contributed by atoms with van der Waals surface area (Å²) >= 11 is 0. The zero-order valence-corrected chi connectivity index (χ0v) is 16.1. The van der Waals surface area contributed by atoms with E-state index in [1.165, 1.54) is 7.11 Å². The zero-order chi connectivity index (χ0) is 20.5. The van der Waals surface area contributed by atoms with Crippen LogP contribution < -0.4 is 10.1 Å². The predicted octanol–water partition coefficient (Wildman–Crippen LogP) is 4.52. The largest absolute Gasteiger partial charge is 0.496 e. The first-order valence-corrected chi connectivity index (χ1v) is 9.13. The van der Waals surface area contributed by atoms with E-state index >= 15 is 0 Å². The van der Waals surface area contributed by atoms with Gasteiger partial charge in [-0.05, 0) is 54.8 Å². The molecule has 0 saturated heterocycles. The first-order chi connectivity index (χ1) is 13.2. The summed E-state index contributed by atoms with van der Waals surface area (Å²) in [4.78, 5) is 15.1. The first kappa shape index (κ1) is 20.2. The van der Waals surface area contributed by atoms with Crippen molar-refractivity contribution in [2.75, 3.05) is 26.0 Å². The van der Waals surface area contributed by atoms with Crippen LogP contribution in [0.2, 0.25) is 0 Å². The molecular formula is C21H23F3N2O2. The number of hydrogen-bond donors (Lipinski definition) is 1. The fourth-order valence-electron chi connectivity index (χ4n) is 3.58. The lowest BCUT2D eigenvalue weighted by molar-refractivity contribution is -0.137. The van der Waals surface area contributed by atoms with E-state index in [1.807, 2.05) is 19.2 Å². The summed E-state index contributed by atoms with van der Waals surface area (Å²) in [7, 11) is 3.38. The molecule has 1 N–H and O–H groups in total. The molecule has 2 aromatic rings. The highest BCUT2D eigenvalue weighted by Gasteiger charge is 2.33. The summed E-state index contributed by atoms with van der Waals surface area (Å²) in [6.07, 6.45) is -3.45.